The molecule has 2 aromatic heterocycles. The Morgan fingerprint density at radius 2 is 2.17 bits per heavy atom. The van der Waals surface area contributed by atoms with Gasteiger partial charge < -0.3 is 9.15 Å². The number of carbonyl (C=O) groups excluding carboxylic acids is 1. The maximum absolute atomic E-state index is 13.4. The average molecular weight is 331 g/mol. The molecule has 0 saturated heterocycles. The number of nitrogens with one attached hydrogen (secondary N) is 1. The van der Waals surface area contributed by atoms with Gasteiger partial charge in [0.15, 0.2) is 18.2 Å². The van der Waals surface area contributed by atoms with Crippen LogP contribution in [0, 0.1) is 12.7 Å². The second kappa shape index (κ2) is 6.49. The summed E-state index contributed by atoms with van der Waals surface area (Å²) in [5.74, 6) is -0.876. The minimum Gasteiger partial charge on any atom is -0.481 e. The van der Waals surface area contributed by atoms with Gasteiger partial charge in [-0.25, -0.2) is 4.39 Å². The summed E-state index contributed by atoms with van der Waals surface area (Å²) in [6.07, 6.45) is 0. The molecular formula is C15H14FN5O3. The van der Waals surface area contributed by atoms with Crippen molar-refractivity contribution >= 4 is 11.9 Å². The van der Waals surface area contributed by atoms with Gasteiger partial charge in [0.1, 0.15) is 5.69 Å². The zero-order valence-electron chi connectivity index (χ0n) is 13.0. The Labute approximate surface area is 136 Å². The van der Waals surface area contributed by atoms with Gasteiger partial charge in [-0.05, 0) is 25.1 Å². The molecule has 24 heavy (non-hydrogen) atoms. The molecule has 3 rings (SSSR count). The third-order valence-electron chi connectivity index (χ3n) is 3.09. The van der Waals surface area contributed by atoms with Crippen LogP contribution in [0.4, 0.5) is 10.4 Å². The van der Waals surface area contributed by atoms with Gasteiger partial charge in [-0.2, -0.15) is 5.10 Å². The Kier molecular flexibility index (Phi) is 4.23. The third-order valence-corrected chi connectivity index (χ3v) is 3.09. The van der Waals surface area contributed by atoms with Crippen LogP contribution in [0.15, 0.2) is 34.7 Å². The SMILES string of the molecule is Cc1cc(-c2nnc(NC(=O)COc3ccccc3F)o2)n(C)n1. The number of aryl methyl sites for hydroxylation is 2. The van der Waals surface area contributed by atoms with Crippen molar-refractivity contribution in [3.8, 4) is 17.3 Å². The summed E-state index contributed by atoms with van der Waals surface area (Å²) in [4.78, 5) is 11.8. The monoisotopic (exact) mass is 331 g/mol. The fourth-order valence-electron chi connectivity index (χ4n) is 2.05. The van der Waals surface area contributed by atoms with Gasteiger partial charge in [0, 0.05) is 7.05 Å². The molecule has 3 aromatic rings. The maximum atomic E-state index is 13.4. The highest BCUT2D eigenvalue weighted by Gasteiger charge is 2.15. The van der Waals surface area contributed by atoms with E-state index in [1.54, 1.807) is 23.9 Å². The maximum Gasteiger partial charge on any atom is 0.322 e. The number of aromatic nitrogens is 4. The van der Waals surface area contributed by atoms with E-state index >= 15 is 0 Å². The number of hydrogen-bond acceptors (Lipinski definition) is 6. The van der Waals surface area contributed by atoms with Crippen molar-refractivity contribution in [3.05, 3.63) is 41.8 Å². The molecule has 124 valence electrons. The molecular weight excluding hydrogens is 317 g/mol. The molecule has 0 bridgehead atoms. The summed E-state index contributed by atoms with van der Waals surface area (Å²) in [5, 5.41) is 14.2. The fraction of sp³-hybridized carbons (Fsp3) is 0.200. The lowest BCUT2D eigenvalue weighted by atomic mass is 10.3. The van der Waals surface area contributed by atoms with Crippen LogP contribution >= 0.6 is 0 Å². The predicted octanol–water partition coefficient (Wildman–Crippen LogP) is 1.94. The van der Waals surface area contributed by atoms with Crippen molar-refractivity contribution in [2.24, 2.45) is 7.05 Å². The van der Waals surface area contributed by atoms with Crippen LogP contribution in [0.1, 0.15) is 5.69 Å². The Bertz CT molecular complexity index is 874. The van der Waals surface area contributed by atoms with Gasteiger partial charge in [0.25, 0.3) is 11.8 Å². The van der Waals surface area contributed by atoms with Gasteiger partial charge in [-0.15, -0.1) is 5.10 Å². The van der Waals surface area contributed by atoms with Gasteiger partial charge in [-0.3, -0.25) is 14.8 Å². The van der Waals surface area contributed by atoms with Crippen LogP contribution in [-0.2, 0) is 11.8 Å². The van der Waals surface area contributed by atoms with Crippen LogP contribution in [-0.4, -0.2) is 32.5 Å². The van der Waals surface area contributed by atoms with Crippen molar-refractivity contribution in [3.63, 3.8) is 0 Å². The molecule has 0 atom stereocenters. The van der Waals surface area contributed by atoms with E-state index < -0.39 is 11.7 Å². The first-order chi connectivity index (χ1) is 11.5. The summed E-state index contributed by atoms with van der Waals surface area (Å²) >= 11 is 0. The number of anilines is 1. The van der Waals surface area contributed by atoms with E-state index in [1.165, 1.54) is 18.2 Å². The van der Waals surface area contributed by atoms with E-state index in [9.17, 15) is 9.18 Å². The molecule has 0 radical (unpaired) electrons. The number of benzene rings is 1. The zero-order chi connectivity index (χ0) is 17.1. The van der Waals surface area contributed by atoms with E-state index in [2.05, 4.69) is 20.6 Å². The summed E-state index contributed by atoms with van der Waals surface area (Å²) in [6, 6.07) is 7.51. The number of para-hydroxylation sites is 1. The van der Waals surface area contributed by atoms with E-state index in [0.717, 1.165) is 5.69 Å². The molecule has 0 fully saturated rings. The van der Waals surface area contributed by atoms with E-state index in [4.69, 9.17) is 9.15 Å². The number of hydrogen-bond donors (Lipinski definition) is 1. The molecule has 1 aromatic carbocycles. The fourth-order valence-corrected chi connectivity index (χ4v) is 2.05. The normalized spacial score (nSPS) is 10.6. The van der Waals surface area contributed by atoms with Gasteiger partial charge >= 0.3 is 6.01 Å². The highest BCUT2D eigenvalue weighted by atomic mass is 19.1. The molecule has 0 aliphatic heterocycles. The molecule has 0 aliphatic rings. The number of nitrogens with zero attached hydrogens (tertiary/aromatic N) is 4. The highest BCUT2D eigenvalue weighted by molar-refractivity contribution is 5.89. The van der Waals surface area contributed by atoms with Crippen molar-refractivity contribution in [2.75, 3.05) is 11.9 Å². The quantitative estimate of drug-likeness (QED) is 0.767. The average Bonchev–Trinajstić information content (AvgIpc) is 3.12. The van der Waals surface area contributed by atoms with E-state index in [1.807, 2.05) is 6.92 Å². The Balaban J connectivity index is 1.61. The van der Waals surface area contributed by atoms with Crippen LogP contribution in [0.2, 0.25) is 0 Å². The third kappa shape index (κ3) is 3.40. The molecule has 2 heterocycles. The predicted molar refractivity (Wildman–Crippen MR) is 81.8 cm³/mol. The molecule has 0 spiro atoms. The number of halogens is 1. The Morgan fingerprint density at radius 3 is 2.88 bits per heavy atom. The summed E-state index contributed by atoms with van der Waals surface area (Å²) in [5.41, 5.74) is 1.43. The molecule has 1 amide bonds. The smallest absolute Gasteiger partial charge is 0.322 e. The lowest BCUT2D eigenvalue weighted by molar-refractivity contribution is -0.118. The van der Waals surface area contributed by atoms with Crippen molar-refractivity contribution < 1.29 is 18.3 Å². The standard InChI is InChI=1S/C15H14FN5O3/c1-9-7-11(21(2)20-9)14-18-19-15(24-14)17-13(22)8-23-12-6-4-3-5-10(12)16/h3-7H,8H2,1-2H3,(H,17,19,22). The lowest BCUT2D eigenvalue weighted by Gasteiger charge is -2.05. The zero-order valence-corrected chi connectivity index (χ0v) is 13.0. The molecule has 0 aliphatic carbocycles. The van der Waals surface area contributed by atoms with Crippen molar-refractivity contribution in [2.45, 2.75) is 6.92 Å². The molecule has 1 N–H and O–H groups in total. The number of carbonyl (C=O) groups is 1. The minimum atomic E-state index is -0.547. The summed E-state index contributed by atoms with van der Waals surface area (Å²) in [7, 11) is 1.74. The topological polar surface area (TPSA) is 95.1 Å². The molecule has 0 saturated carbocycles. The van der Waals surface area contributed by atoms with E-state index in [0.29, 0.717) is 5.69 Å². The van der Waals surface area contributed by atoms with E-state index in [-0.39, 0.29) is 24.3 Å². The Morgan fingerprint density at radius 1 is 1.38 bits per heavy atom. The summed E-state index contributed by atoms with van der Waals surface area (Å²) < 4.78 is 25.4. The highest BCUT2D eigenvalue weighted by Crippen LogP contribution is 2.20. The molecule has 9 heteroatoms. The first-order valence-corrected chi connectivity index (χ1v) is 7.04. The van der Waals surface area contributed by atoms with Gasteiger partial charge in [0.05, 0.1) is 5.69 Å². The van der Waals surface area contributed by atoms with Gasteiger partial charge in [0.2, 0.25) is 0 Å². The van der Waals surface area contributed by atoms with Crippen LogP contribution < -0.4 is 10.1 Å². The lowest BCUT2D eigenvalue weighted by Crippen LogP contribution is -2.20. The van der Waals surface area contributed by atoms with Gasteiger partial charge in [-0.1, -0.05) is 17.2 Å². The van der Waals surface area contributed by atoms with Crippen molar-refractivity contribution in [1.82, 2.24) is 20.0 Å². The first-order valence-electron chi connectivity index (χ1n) is 7.04. The second-order valence-corrected chi connectivity index (χ2v) is 4.97. The molecule has 0 unspecified atom stereocenters. The van der Waals surface area contributed by atoms with Crippen LogP contribution in [0.3, 0.4) is 0 Å². The molecule has 8 nitrogen and oxygen atoms in total. The largest absolute Gasteiger partial charge is 0.481 e. The number of amides is 1. The summed E-state index contributed by atoms with van der Waals surface area (Å²) in [6.45, 7) is 1.45. The number of ether oxygens (including phenoxy) is 1. The Hall–Kier alpha value is -3.23. The first kappa shape index (κ1) is 15.7. The van der Waals surface area contributed by atoms with Crippen LogP contribution in [0.5, 0.6) is 5.75 Å². The second-order valence-electron chi connectivity index (χ2n) is 4.97. The van der Waals surface area contributed by atoms with Crippen molar-refractivity contribution in [1.29, 1.82) is 0 Å². The minimum absolute atomic E-state index is 0.00997. The van der Waals surface area contributed by atoms with Crippen LogP contribution in [0.25, 0.3) is 11.6 Å². The number of rotatable bonds is 5.